The molecule has 2 unspecified atom stereocenters. The van der Waals surface area contributed by atoms with Gasteiger partial charge in [0.25, 0.3) is 0 Å². The van der Waals surface area contributed by atoms with Crippen LogP contribution in [-0.2, 0) is 0 Å². The summed E-state index contributed by atoms with van der Waals surface area (Å²) >= 11 is 0. The molecule has 19 heavy (non-hydrogen) atoms. The van der Waals surface area contributed by atoms with Gasteiger partial charge in [-0.15, -0.1) is 0 Å². The van der Waals surface area contributed by atoms with E-state index >= 15 is 0 Å². The maximum Gasteiger partial charge on any atom is 0.0351 e. The fourth-order valence-electron chi connectivity index (χ4n) is 3.51. The Morgan fingerprint density at radius 2 is 1.58 bits per heavy atom. The molecule has 0 aromatic rings. The minimum atomic E-state index is 0.303. The predicted molar refractivity (Wildman–Crippen MR) is 87.8 cm³/mol. The number of hydrogen-bond donors (Lipinski definition) is 1. The molecule has 0 saturated carbocycles. The van der Waals surface area contributed by atoms with Crippen molar-refractivity contribution in [2.24, 2.45) is 5.92 Å². The summed E-state index contributed by atoms with van der Waals surface area (Å²) in [6.45, 7) is 12.8. The highest BCUT2D eigenvalue weighted by molar-refractivity contribution is 4.97. The van der Waals surface area contributed by atoms with E-state index in [2.05, 4.69) is 58.9 Å². The molecule has 0 amide bonds. The number of hydrogen-bond acceptors (Lipinski definition) is 2. The van der Waals surface area contributed by atoms with Crippen LogP contribution in [0.1, 0.15) is 73.1 Å². The first kappa shape index (κ1) is 18.9. The average Bonchev–Trinajstić information content (AvgIpc) is 2.37. The van der Waals surface area contributed by atoms with E-state index < -0.39 is 0 Å². The first-order chi connectivity index (χ1) is 8.98. The topological polar surface area (TPSA) is 15.3 Å². The molecule has 1 N–H and O–H groups in total. The zero-order chi connectivity index (χ0) is 14.9. The maximum atomic E-state index is 3.84. The molecule has 0 aromatic heterocycles. The summed E-state index contributed by atoms with van der Waals surface area (Å²) in [4.78, 5) is 2.46. The molecule has 2 atom stereocenters. The standard InChI is InChI=1S/C17H38N2/c1-8-12-15(5)14-16(18-13-9-2)17(10-3,11-4)19(6)7/h15-16,18H,8-14H2,1-7H3. The van der Waals surface area contributed by atoms with E-state index in [4.69, 9.17) is 0 Å². The van der Waals surface area contributed by atoms with Crippen molar-refractivity contribution in [3.05, 3.63) is 0 Å². The SMILES string of the molecule is CCCNC(CC(C)CCC)C(CC)(CC)N(C)C. The summed E-state index contributed by atoms with van der Waals surface area (Å²) in [5.41, 5.74) is 0.303. The molecule has 0 rings (SSSR count). The van der Waals surface area contributed by atoms with Gasteiger partial charge in [-0.2, -0.15) is 0 Å². The molecule has 0 bridgehead atoms. The molecule has 0 aliphatic heterocycles. The number of rotatable bonds is 11. The monoisotopic (exact) mass is 270 g/mol. The van der Waals surface area contributed by atoms with Crippen molar-refractivity contribution in [2.45, 2.75) is 84.7 Å². The van der Waals surface area contributed by atoms with Crippen molar-refractivity contribution >= 4 is 0 Å². The molecule has 0 radical (unpaired) electrons. The first-order valence-corrected chi connectivity index (χ1v) is 8.39. The predicted octanol–water partition coefficient (Wildman–Crippen LogP) is 4.30. The van der Waals surface area contributed by atoms with Crippen molar-refractivity contribution in [1.29, 1.82) is 0 Å². The highest BCUT2D eigenvalue weighted by atomic mass is 15.2. The van der Waals surface area contributed by atoms with Crippen LogP contribution in [0, 0.1) is 5.92 Å². The van der Waals surface area contributed by atoms with Gasteiger partial charge < -0.3 is 10.2 Å². The van der Waals surface area contributed by atoms with Gasteiger partial charge in [0.05, 0.1) is 0 Å². The van der Waals surface area contributed by atoms with Crippen molar-refractivity contribution < 1.29 is 0 Å². The lowest BCUT2D eigenvalue weighted by atomic mass is 9.78. The smallest absolute Gasteiger partial charge is 0.0351 e. The largest absolute Gasteiger partial charge is 0.312 e. The van der Waals surface area contributed by atoms with Gasteiger partial charge >= 0.3 is 0 Å². The summed E-state index contributed by atoms with van der Waals surface area (Å²) in [5.74, 6) is 0.816. The van der Waals surface area contributed by atoms with Gasteiger partial charge in [0.1, 0.15) is 0 Å². The fraction of sp³-hybridized carbons (Fsp3) is 1.00. The Bertz CT molecular complexity index is 209. The molecule has 0 aliphatic rings. The molecule has 0 aromatic carbocycles. The van der Waals surface area contributed by atoms with Crippen LogP contribution in [0.25, 0.3) is 0 Å². The van der Waals surface area contributed by atoms with Gasteiger partial charge in [0.2, 0.25) is 0 Å². The molecule has 0 saturated heterocycles. The van der Waals surface area contributed by atoms with Gasteiger partial charge in [-0.1, -0.05) is 47.5 Å². The van der Waals surface area contributed by atoms with Crippen molar-refractivity contribution in [3.8, 4) is 0 Å². The Morgan fingerprint density at radius 1 is 1.00 bits per heavy atom. The van der Waals surface area contributed by atoms with Gasteiger partial charge in [-0.05, 0) is 52.2 Å². The molecule has 2 heteroatoms. The molecule has 0 aliphatic carbocycles. The number of nitrogens with one attached hydrogen (secondary N) is 1. The van der Waals surface area contributed by atoms with Crippen LogP contribution in [0.15, 0.2) is 0 Å². The van der Waals surface area contributed by atoms with Gasteiger partial charge in [0, 0.05) is 11.6 Å². The van der Waals surface area contributed by atoms with Crippen LogP contribution in [-0.4, -0.2) is 37.1 Å². The molecular formula is C17H38N2. The minimum Gasteiger partial charge on any atom is -0.312 e. The lowest BCUT2D eigenvalue weighted by Gasteiger charge is -2.46. The second-order valence-electron chi connectivity index (χ2n) is 6.34. The Kier molecular flexibility index (Phi) is 9.72. The van der Waals surface area contributed by atoms with E-state index in [0.717, 1.165) is 12.5 Å². The first-order valence-electron chi connectivity index (χ1n) is 8.39. The van der Waals surface area contributed by atoms with Crippen molar-refractivity contribution in [2.75, 3.05) is 20.6 Å². The van der Waals surface area contributed by atoms with Gasteiger partial charge in [0.15, 0.2) is 0 Å². The van der Waals surface area contributed by atoms with Crippen LogP contribution in [0.2, 0.25) is 0 Å². The zero-order valence-corrected chi connectivity index (χ0v) is 14.6. The van der Waals surface area contributed by atoms with E-state index in [9.17, 15) is 0 Å². The second-order valence-corrected chi connectivity index (χ2v) is 6.34. The quantitative estimate of drug-likeness (QED) is 0.602. The lowest BCUT2D eigenvalue weighted by Crippen LogP contribution is -2.59. The molecule has 0 heterocycles. The summed E-state index contributed by atoms with van der Waals surface area (Å²) in [7, 11) is 4.50. The number of nitrogens with zero attached hydrogens (tertiary/aromatic N) is 1. The van der Waals surface area contributed by atoms with E-state index in [0.29, 0.717) is 11.6 Å². The molecule has 2 nitrogen and oxygen atoms in total. The average molecular weight is 271 g/mol. The van der Waals surface area contributed by atoms with Crippen molar-refractivity contribution in [1.82, 2.24) is 10.2 Å². The molecule has 0 fully saturated rings. The second kappa shape index (κ2) is 9.77. The Balaban J connectivity index is 4.95. The lowest BCUT2D eigenvalue weighted by molar-refractivity contribution is 0.0762. The fourth-order valence-corrected chi connectivity index (χ4v) is 3.51. The van der Waals surface area contributed by atoms with Gasteiger partial charge in [-0.25, -0.2) is 0 Å². The summed E-state index contributed by atoms with van der Waals surface area (Å²) in [6, 6.07) is 0.610. The van der Waals surface area contributed by atoms with Gasteiger partial charge in [-0.3, -0.25) is 0 Å². The highest BCUT2D eigenvalue weighted by Gasteiger charge is 2.37. The van der Waals surface area contributed by atoms with E-state index in [1.165, 1.54) is 38.5 Å². The Hall–Kier alpha value is -0.0800. The Labute approximate surface area is 122 Å². The maximum absolute atomic E-state index is 3.84. The van der Waals surface area contributed by atoms with E-state index in [1.807, 2.05) is 0 Å². The van der Waals surface area contributed by atoms with Crippen LogP contribution in [0.3, 0.4) is 0 Å². The normalized spacial score (nSPS) is 15.8. The van der Waals surface area contributed by atoms with Crippen LogP contribution >= 0.6 is 0 Å². The van der Waals surface area contributed by atoms with E-state index in [1.54, 1.807) is 0 Å². The summed E-state index contributed by atoms with van der Waals surface area (Å²) in [6.07, 6.45) is 7.60. The third-order valence-electron chi connectivity index (χ3n) is 4.82. The Morgan fingerprint density at radius 3 is 1.95 bits per heavy atom. The summed E-state index contributed by atoms with van der Waals surface area (Å²) in [5, 5.41) is 3.84. The van der Waals surface area contributed by atoms with Crippen molar-refractivity contribution in [3.63, 3.8) is 0 Å². The number of likely N-dealkylation sites (N-methyl/N-ethyl adjacent to an activating group) is 1. The minimum absolute atomic E-state index is 0.303. The van der Waals surface area contributed by atoms with E-state index in [-0.39, 0.29) is 0 Å². The van der Waals surface area contributed by atoms with Crippen LogP contribution in [0.5, 0.6) is 0 Å². The van der Waals surface area contributed by atoms with Crippen LogP contribution < -0.4 is 5.32 Å². The molecule has 116 valence electrons. The summed E-state index contributed by atoms with van der Waals surface area (Å²) < 4.78 is 0. The third-order valence-corrected chi connectivity index (χ3v) is 4.82. The third kappa shape index (κ3) is 5.43. The molecule has 0 spiro atoms. The highest BCUT2D eigenvalue weighted by Crippen LogP contribution is 2.30. The molecular weight excluding hydrogens is 232 g/mol. The van der Waals surface area contributed by atoms with Crippen LogP contribution in [0.4, 0.5) is 0 Å². The zero-order valence-electron chi connectivity index (χ0n) is 14.6.